The van der Waals surface area contributed by atoms with Crippen LogP contribution in [0.5, 0.6) is 0 Å². The van der Waals surface area contributed by atoms with Gasteiger partial charge in [0.05, 0.1) is 0 Å². The highest BCUT2D eigenvalue weighted by Gasteiger charge is 2.37. The summed E-state index contributed by atoms with van der Waals surface area (Å²) in [5, 5.41) is 0. The van der Waals surface area contributed by atoms with Gasteiger partial charge in [-0.25, -0.2) is 0 Å². The van der Waals surface area contributed by atoms with Gasteiger partial charge < -0.3 is 9.88 Å². The smallest absolute Gasteiger partial charge is 0.270 e. The maximum atomic E-state index is 12.7. The number of nitrogens with one attached hydrogen (secondary N) is 3. The van der Waals surface area contributed by atoms with E-state index in [4.69, 9.17) is 0 Å². The van der Waals surface area contributed by atoms with Gasteiger partial charge in [0.1, 0.15) is 5.69 Å². The van der Waals surface area contributed by atoms with E-state index in [0.717, 1.165) is 32.5 Å². The van der Waals surface area contributed by atoms with E-state index in [1.807, 2.05) is 23.2 Å². The number of benzene rings is 1. The number of aromatic amines is 1. The minimum absolute atomic E-state index is 0.118. The van der Waals surface area contributed by atoms with Crippen LogP contribution >= 0.6 is 0 Å². The van der Waals surface area contributed by atoms with Crippen molar-refractivity contribution in [3.63, 3.8) is 0 Å². The minimum Gasteiger partial charge on any atom is -0.357 e. The predicted molar refractivity (Wildman–Crippen MR) is 98.3 cm³/mol. The number of aromatic nitrogens is 1. The molecule has 0 aliphatic carbocycles. The molecule has 3 N–H and O–H groups in total. The number of likely N-dealkylation sites (tertiary alicyclic amines) is 1. The highest BCUT2D eigenvalue weighted by molar-refractivity contribution is 5.92. The number of piperidine rings is 1. The Labute approximate surface area is 148 Å². The summed E-state index contributed by atoms with van der Waals surface area (Å²) in [5.74, 6) is 1.03. The van der Waals surface area contributed by atoms with Crippen molar-refractivity contribution in [1.82, 2.24) is 20.7 Å². The fraction of sp³-hybridized carbons (Fsp3) is 0.450. The average Bonchev–Trinajstić information content (AvgIpc) is 3.34. The van der Waals surface area contributed by atoms with Crippen molar-refractivity contribution in [2.45, 2.75) is 31.7 Å². The number of hydrogen-bond acceptors (Lipinski definition) is 3. The van der Waals surface area contributed by atoms with E-state index in [1.54, 1.807) is 0 Å². The van der Waals surface area contributed by atoms with E-state index in [0.29, 0.717) is 23.6 Å². The second-order valence-corrected chi connectivity index (χ2v) is 7.31. The molecular weight excluding hydrogens is 312 g/mol. The number of rotatable bonds is 3. The lowest BCUT2D eigenvalue weighted by Gasteiger charge is -2.37. The molecular formula is C20H26N4O. The molecule has 2 saturated heterocycles. The first-order chi connectivity index (χ1) is 12.2. The number of amides is 1. The zero-order valence-electron chi connectivity index (χ0n) is 14.7. The number of carbonyl (C=O) groups is 1. The van der Waals surface area contributed by atoms with Crippen LogP contribution in [-0.4, -0.2) is 41.5 Å². The van der Waals surface area contributed by atoms with E-state index in [-0.39, 0.29) is 5.91 Å². The molecule has 0 bridgehead atoms. The number of hydrogen-bond donors (Lipinski definition) is 3. The molecule has 3 unspecified atom stereocenters. The number of H-pyrrole nitrogens is 1. The molecule has 2 aliphatic heterocycles. The Morgan fingerprint density at radius 1 is 1.20 bits per heavy atom. The van der Waals surface area contributed by atoms with E-state index < -0.39 is 0 Å². The van der Waals surface area contributed by atoms with Crippen LogP contribution in [0.25, 0.3) is 0 Å². The first kappa shape index (κ1) is 16.4. The van der Waals surface area contributed by atoms with Crippen LogP contribution in [0.2, 0.25) is 0 Å². The standard InChI is InChI=1S/C20H26N4O/c1-14-6-8-15(9-7-14)17-12-22-23-19(17)16-4-3-11-24(13-16)20(25)18-5-2-10-21-18/h2,5-10,16-17,19,21-23H,3-4,11-13H2,1H3. The zero-order valence-corrected chi connectivity index (χ0v) is 14.7. The van der Waals surface area contributed by atoms with Crippen molar-refractivity contribution >= 4 is 5.91 Å². The van der Waals surface area contributed by atoms with Gasteiger partial charge in [0.25, 0.3) is 5.91 Å². The topological polar surface area (TPSA) is 60.2 Å². The van der Waals surface area contributed by atoms with E-state index >= 15 is 0 Å². The quantitative estimate of drug-likeness (QED) is 0.806. The first-order valence-electron chi connectivity index (χ1n) is 9.20. The lowest BCUT2D eigenvalue weighted by molar-refractivity contribution is 0.0639. The maximum absolute atomic E-state index is 12.7. The minimum atomic E-state index is 0.118. The number of nitrogens with zero attached hydrogens (tertiary/aromatic N) is 1. The van der Waals surface area contributed by atoms with Gasteiger partial charge in [-0.05, 0) is 43.4 Å². The fourth-order valence-corrected chi connectivity index (χ4v) is 4.22. The summed E-state index contributed by atoms with van der Waals surface area (Å²) in [6, 6.07) is 13.0. The van der Waals surface area contributed by atoms with Gasteiger partial charge in [0, 0.05) is 37.8 Å². The molecule has 0 spiro atoms. The van der Waals surface area contributed by atoms with Crippen LogP contribution in [0.1, 0.15) is 40.4 Å². The lowest BCUT2D eigenvalue weighted by atomic mass is 9.81. The van der Waals surface area contributed by atoms with Crippen LogP contribution in [0.4, 0.5) is 0 Å². The molecule has 2 aliphatic rings. The van der Waals surface area contributed by atoms with E-state index in [2.05, 4.69) is 47.0 Å². The Morgan fingerprint density at radius 3 is 2.80 bits per heavy atom. The number of aryl methyl sites for hydroxylation is 1. The summed E-state index contributed by atoms with van der Waals surface area (Å²) in [7, 11) is 0. The van der Waals surface area contributed by atoms with Crippen molar-refractivity contribution in [1.29, 1.82) is 0 Å². The van der Waals surface area contributed by atoms with Crippen molar-refractivity contribution in [3.05, 3.63) is 59.4 Å². The van der Waals surface area contributed by atoms with Gasteiger partial charge in [0.15, 0.2) is 0 Å². The van der Waals surface area contributed by atoms with Crippen molar-refractivity contribution < 1.29 is 4.79 Å². The Bertz CT molecular complexity index is 710. The van der Waals surface area contributed by atoms with E-state index in [9.17, 15) is 4.79 Å². The van der Waals surface area contributed by atoms with Gasteiger partial charge in [-0.2, -0.15) is 0 Å². The fourth-order valence-electron chi connectivity index (χ4n) is 4.22. The molecule has 3 atom stereocenters. The SMILES string of the molecule is Cc1ccc(C2CNNC2C2CCCN(C(=O)c3ccc[nH]3)C2)cc1. The van der Waals surface area contributed by atoms with Gasteiger partial charge in [-0.1, -0.05) is 29.8 Å². The van der Waals surface area contributed by atoms with Gasteiger partial charge >= 0.3 is 0 Å². The molecule has 5 nitrogen and oxygen atoms in total. The third kappa shape index (κ3) is 3.34. The third-order valence-corrected chi connectivity index (χ3v) is 5.61. The summed E-state index contributed by atoms with van der Waals surface area (Å²) in [6.45, 7) is 4.73. The zero-order chi connectivity index (χ0) is 17.2. The van der Waals surface area contributed by atoms with E-state index in [1.165, 1.54) is 11.1 Å². The Kier molecular flexibility index (Phi) is 4.59. The normalized spacial score (nSPS) is 26.8. The number of carbonyl (C=O) groups excluding carboxylic acids is 1. The summed E-state index contributed by atoms with van der Waals surface area (Å²) < 4.78 is 0. The highest BCUT2D eigenvalue weighted by atomic mass is 16.2. The molecule has 5 heteroatoms. The van der Waals surface area contributed by atoms with Crippen LogP contribution in [-0.2, 0) is 0 Å². The van der Waals surface area contributed by atoms with Crippen molar-refractivity contribution in [2.75, 3.05) is 19.6 Å². The molecule has 4 rings (SSSR count). The van der Waals surface area contributed by atoms with Gasteiger partial charge in [-0.15, -0.1) is 0 Å². The van der Waals surface area contributed by atoms with Gasteiger partial charge in [0.2, 0.25) is 0 Å². The largest absolute Gasteiger partial charge is 0.357 e. The lowest BCUT2D eigenvalue weighted by Crippen LogP contribution is -2.48. The molecule has 1 aromatic carbocycles. The van der Waals surface area contributed by atoms with Crippen LogP contribution in [0, 0.1) is 12.8 Å². The predicted octanol–water partition coefficient (Wildman–Crippen LogP) is 2.44. The molecule has 2 fully saturated rings. The molecule has 25 heavy (non-hydrogen) atoms. The highest BCUT2D eigenvalue weighted by Crippen LogP contribution is 2.32. The molecule has 2 aromatic rings. The molecule has 1 aromatic heterocycles. The number of hydrazine groups is 1. The van der Waals surface area contributed by atoms with Crippen molar-refractivity contribution in [3.8, 4) is 0 Å². The summed E-state index contributed by atoms with van der Waals surface area (Å²) in [4.78, 5) is 17.7. The molecule has 3 heterocycles. The Morgan fingerprint density at radius 2 is 2.04 bits per heavy atom. The average molecular weight is 338 g/mol. The molecule has 1 amide bonds. The monoisotopic (exact) mass is 338 g/mol. The third-order valence-electron chi connectivity index (χ3n) is 5.61. The van der Waals surface area contributed by atoms with Crippen LogP contribution in [0.15, 0.2) is 42.6 Å². The van der Waals surface area contributed by atoms with Gasteiger partial charge in [-0.3, -0.25) is 15.6 Å². The second-order valence-electron chi connectivity index (χ2n) is 7.31. The summed E-state index contributed by atoms with van der Waals surface area (Å²) >= 11 is 0. The van der Waals surface area contributed by atoms with Crippen LogP contribution < -0.4 is 10.9 Å². The molecule has 0 saturated carbocycles. The van der Waals surface area contributed by atoms with Crippen molar-refractivity contribution in [2.24, 2.45) is 5.92 Å². The Balaban J connectivity index is 1.48. The first-order valence-corrected chi connectivity index (χ1v) is 9.20. The maximum Gasteiger partial charge on any atom is 0.270 e. The summed E-state index contributed by atoms with van der Waals surface area (Å²) in [5.41, 5.74) is 10.2. The summed E-state index contributed by atoms with van der Waals surface area (Å²) in [6.07, 6.45) is 4.04. The molecule has 0 radical (unpaired) electrons. The van der Waals surface area contributed by atoms with Crippen LogP contribution in [0.3, 0.4) is 0 Å². The molecule has 132 valence electrons. The Hall–Kier alpha value is -2.11. The second kappa shape index (κ2) is 7.02.